The minimum absolute atomic E-state index is 0.466. The zero-order chi connectivity index (χ0) is 28.2. The Morgan fingerprint density at radius 3 is 1.24 bits per heavy atom. The first-order chi connectivity index (χ1) is 20.6. The predicted octanol–water partition coefficient (Wildman–Crippen LogP) is 8.21. The van der Waals surface area contributed by atoms with Gasteiger partial charge in [-0.3, -0.25) is 0 Å². The van der Waals surface area contributed by atoms with Gasteiger partial charge >= 0.3 is 0 Å². The van der Waals surface area contributed by atoms with Crippen LogP contribution in [0.15, 0.2) is 131 Å². The molecule has 42 heavy (non-hydrogen) atoms. The SMILES string of the molecule is Cc1ccc(-c2cc3c4c(c(-c5ccc(C)cc5)cc5c4c2OC(c2ccccc2)N=5)OC(c2ccccc2)N=3)cc1. The molecule has 0 N–H and O–H groups in total. The fourth-order valence-electron chi connectivity index (χ4n) is 5.93. The highest BCUT2D eigenvalue weighted by atomic mass is 16.5. The fraction of sp³-hybridized carbons (Fsp3) is 0.105. The maximum absolute atomic E-state index is 6.79. The minimum Gasteiger partial charge on any atom is -0.463 e. The maximum Gasteiger partial charge on any atom is 0.216 e. The van der Waals surface area contributed by atoms with E-state index in [1.807, 2.05) is 36.4 Å². The highest BCUT2D eigenvalue weighted by Gasteiger charge is 2.30. The molecule has 2 aliphatic rings. The molecule has 0 saturated heterocycles. The summed E-state index contributed by atoms with van der Waals surface area (Å²) in [5.41, 5.74) is 8.59. The van der Waals surface area contributed by atoms with E-state index in [0.717, 1.165) is 66.4 Å². The Hall–Kier alpha value is -5.22. The van der Waals surface area contributed by atoms with Crippen LogP contribution in [0.25, 0.3) is 33.0 Å². The number of nitrogens with zero attached hydrogens (tertiary/aromatic N) is 2. The zero-order valence-corrected chi connectivity index (χ0v) is 23.4. The lowest BCUT2D eigenvalue weighted by molar-refractivity contribution is 0.204. The van der Waals surface area contributed by atoms with Crippen molar-refractivity contribution in [3.63, 3.8) is 0 Å². The molecule has 8 rings (SSSR count). The van der Waals surface area contributed by atoms with Gasteiger partial charge < -0.3 is 9.47 Å². The molecular weight excluding hydrogens is 516 g/mol. The van der Waals surface area contributed by atoms with Crippen LogP contribution >= 0.6 is 0 Å². The van der Waals surface area contributed by atoms with Gasteiger partial charge in [-0.05, 0) is 37.1 Å². The van der Waals surface area contributed by atoms with Crippen LogP contribution in [0.4, 0.5) is 0 Å². The maximum atomic E-state index is 6.79. The second kappa shape index (κ2) is 9.71. The lowest BCUT2D eigenvalue weighted by Gasteiger charge is -2.29. The zero-order valence-electron chi connectivity index (χ0n) is 23.4. The summed E-state index contributed by atoms with van der Waals surface area (Å²) < 4.78 is 13.6. The molecule has 0 spiro atoms. The van der Waals surface area contributed by atoms with E-state index < -0.39 is 12.5 Å². The summed E-state index contributed by atoms with van der Waals surface area (Å²) in [6.07, 6.45) is -0.932. The Kier molecular flexibility index (Phi) is 5.68. The Morgan fingerprint density at radius 1 is 0.476 bits per heavy atom. The van der Waals surface area contributed by atoms with Gasteiger partial charge in [0.15, 0.2) is 0 Å². The normalized spacial score (nSPS) is 16.6. The molecule has 4 nitrogen and oxygen atoms in total. The van der Waals surface area contributed by atoms with Crippen molar-refractivity contribution in [2.75, 3.05) is 0 Å². The van der Waals surface area contributed by atoms with Crippen LogP contribution in [0.3, 0.4) is 0 Å². The molecule has 0 fully saturated rings. The Labute approximate surface area is 244 Å². The van der Waals surface area contributed by atoms with E-state index in [1.165, 1.54) is 11.1 Å². The quantitative estimate of drug-likeness (QED) is 0.224. The van der Waals surface area contributed by atoms with Crippen molar-refractivity contribution in [1.82, 2.24) is 0 Å². The molecule has 0 amide bonds. The molecule has 0 aliphatic carbocycles. The highest BCUT2D eigenvalue weighted by molar-refractivity contribution is 6.02. The van der Waals surface area contributed by atoms with Crippen molar-refractivity contribution in [3.05, 3.63) is 154 Å². The van der Waals surface area contributed by atoms with Crippen molar-refractivity contribution in [1.29, 1.82) is 0 Å². The fourth-order valence-corrected chi connectivity index (χ4v) is 5.93. The van der Waals surface area contributed by atoms with Gasteiger partial charge in [-0.1, -0.05) is 120 Å². The second-order valence-electron chi connectivity index (χ2n) is 11.0. The lowest BCUT2D eigenvalue weighted by atomic mass is 9.92. The van der Waals surface area contributed by atoms with Crippen LogP contribution < -0.4 is 20.2 Å². The van der Waals surface area contributed by atoms with E-state index >= 15 is 0 Å². The molecule has 6 aromatic carbocycles. The Balaban J connectivity index is 1.49. The molecule has 0 saturated carbocycles. The lowest BCUT2D eigenvalue weighted by Crippen LogP contribution is -2.26. The Bertz CT molecular complexity index is 1930. The molecule has 202 valence electrons. The van der Waals surface area contributed by atoms with E-state index in [9.17, 15) is 0 Å². The first-order valence-electron chi connectivity index (χ1n) is 14.3. The van der Waals surface area contributed by atoms with Crippen molar-refractivity contribution in [2.45, 2.75) is 26.3 Å². The smallest absolute Gasteiger partial charge is 0.216 e. The van der Waals surface area contributed by atoms with Crippen LogP contribution in [-0.2, 0) is 0 Å². The second-order valence-corrected chi connectivity index (χ2v) is 11.0. The third-order valence-electron chi connectivity index (χ3n) is 8.13. The molecular formula is C38H28N2O2. The summed E-state index contributed by atoms with van der Waals surface area (Å²) in [4.78, 5) is 10.4. The standard InChI is InChI=1S/C38H28N2O2/c1-23-13-17-25(18-14-23)29-21-31-34-33-32(40-37(41-35(29)33)27-9-5-3-6-10-27)22-30(26-19-15-24(2)16-20-26)36(34)42-38(39-31)28-11-7-4-8-12-28/h3-22,37-38H,1-2H3. The summed E-state index contributed by atoms with van der Waals surface area (Å²) in [5.74, 6) is 1.62. The van der Waals surface area contributed by atoms with Gasteiger partial charge in [-0.2, -0.15) is 0 Å². The third-order valence-corrected chi connectivity index (χ3v) is 8.13. The monoisotopic (exact) mass is 544 g/mol. The number of benzene rings is 6. The molecule has 6 aromatic rings. The molecule has 4 heteroatoms. The largest absolute Gasteiger partial charge is 0.463 e. The van der Waals surface area contributed by atoms with Gasteiger partial charge in [0, 0.05) is 22.3 Å². The average molecular weight is 545 g/mol. The van der Waals surface area contributed by atoms with Crippen LogP contribution in [0, 0.1) is 13.8 Å². The molecule has 2 aliphatic heterocycles. The van der Waals surface area contributed by atoms with Crippen LogP contribution in [0.2, 0.25) is 0 Å². The van der Waals surface area contributed by atoms with Gasteiger partial charge in [0.1, 0.15) is 11.5 Å². The summed E-state index contributed by atoms with van der Waals surface area (Å²) in [6, 6.07) is 41.9. The molecule has 2 unspecified atom stereocenters. The van der Waals surface area contributed by atoms with Crippen LogP contribution in [0.5, 0.6) is 11.5 Å². The van der Waals surface area contributed by atoms with Gasteiger partial charge in [-0.25, -0.2) is 9.98 Å². The number of rotatable bonds is 4. The van der Waals surface area contributed by atoms with E-state index in [1.54, 1.807) is 0 Å². The van der Waals surface area contributed by atoms with Gasteiger partial charge in [0.2, 0.25) is 12.5 Å². The predicted molar refractivity (Wildman–Crippen MR) is 166 cm³/mol. The van der Waals surface area contributed by atoms with Crippen molar-refractivity contribution < 1.29 is 9.47 Å². The molecule has 2 atom stereocenters. The minimum atomic E-state index is -0.466. The number of aryl methyl sites for hydroxylation is 2. The first kappa shape index (κ1) is 24.6. The average Bonchev–Trinajstić information content (AvgIpc) is 3.04. The van der Waals surface area contributed by atoms with E-state index in [2.05, 4.69) is 98.8 Å². The van der Waals surface area contributed by atoms with Crippen molar-refractivity contribution >= 4 is 10.8 Å². The molecule has 2 heterocycles. The third kappa shape index (κ3) is 4.07. The van der Waals surface area contributed by atoms with Crippen molar-refractivity contribution in [2.24, 2.45) is 9.98 Å². The summed E-state index contributed by atoms with van der Waals surface area (Å²) in [6.45, 7) is 4.21. The number of hydrogen-bond donors (Lipinski definition) is 0. The topological polar surface area (TPSA) is 43.2 Å². The van der Waals surface area contributed by atoms with E-state index in [-0.39, 0.29) is 0 Å². The number of ether oxygens (including phenoxy) is 2. The van der Waals surface area contributed by atoms with E-state index in [0.29, 0.717) is 0 Å². The van der Waals surface area contributed by atoms with Crippen LogP contribution in [-0.4, -0.2) is 0 Å². The van der Waals surface area contributed by atoms with E-state index in [4.69, 9.17) is 19.5 Å². The van der Waals surface area contributed by atoms with Gasteiger partial charge in [-0.15, -0.1) is 0 Å². The van der Waals surface area contributed by atoms with Crippen molar-refractivity contribution in [3.8, 4) is 33.8 Å². The van der Waals surface area contributed by atoms with Crippen LogP contribution in [0.1, 0.15) is 34.7 Å². The van der Waals surface area contributed by atoms with Gasteiger partial charge in [0.05, 0.1) is 21.5 Å². The summed E-state index contributed by atoms with van der Waals surface area (Å²) in [5, 5.41) is 3.64. The Morgan fingerprint density at radius 2 is 0.857 bits per heavy atom. The molecule has 0 bridgehead atoms. The molecule has 0 radical (unpaired) electrons. The first-order valence-corrected chi connectivity index (χ1v) is 14.3. The molecule has 0 aromatic heterocycles. The summed E-state index contributed by atoms with van der Waals surface area (Å²) in [7, 11) is 0. The van der Waals surface area contributed by atoms with Gasteiger partial charge in [0.25, 0.3) is 0 Å². The number of hydrogen-bond acceptors (Lipinski definition) is 4. The summed E-state index contributed by atoms with van der Waals surface area (Å²) >= 11 is 0. The highest BCUT2D eigenvalue weighted by Crippen LogP contribution is 2.46.